The zero-order valence-electron chi connectivity index (χ0n) is 19.6. The van der Waals surface area contributed by atoms with Gasteiger partial charge in [-0.05, 0) is 42.2 Å². The smallest absolute Gasteiger partial charge is 0.290 e. The first kappa shape index (κ1) is 24.6. The molecule has 0 aliphatic carbocycles. The van der Waals surface area contributed by atoms with E-state index in [4.69, 9.17) is 14.2 Å². The van der Waals surface area contributed by atoms with Crippen molar-refractivity contribution in [1.82, 2.24) is 9.80 Å². The number of carbonyl (C=O) groups is 2. The molecule has 1 unspecified atom stereocenters. The van der Waals surface area contributed by atoms with Gasteiger partial charge < -0.3 is 29.1 Å². The summed E-state index contributed by atoms with van der Waals surface area (Å²) in [6.45, 7) is 6.70. The average Bonchev–Trinajstić information content (AvgIpc) is 3.46. The van der Waals surface area contributed by atoms with Crippen LogP contribution in [0, 0.1) is 0 Å². The van der Waals surface area contributed by atoms with Crippen LogP contribution in [0.15, 0.2) is 41.0 Å². The number of methoxy groups -OCH3 is 3. The van der Waals surface area contributed by atoms with Crippen LogP contribution < -0.4 is 14.2 Å². The Kier molecular flexibility index (Phi) is 7.99. The van der Waals surface area contributed by atoms with E-state index < -0.39 is 17.7 Å². The van der Waals surface area contributed by atoms with E-state index in [9.17, 15) is 14.7 Å². The van der Waals surface area contributed by atoms with Gasteiger partial charge in [0.1, 0.15) is 0 Å². The van der Waals surface area contributed by atoms with Crippen LogP contribution in [0.3, 0.4) is 0 Å². The van der Waals surface area contributed by atoms with Gasteiger partial charge in [-0.2, -0.15) is 0 Å². The van der Waals surface area contributed by atoms with E-state index >= 15 is 0 Å². The fourth-order valence-electron chi connectivity index (χ4n) is 4.05. The SMILES string of the molecule is CCN(CC)CCN1C(=O)C(O)=C(C(=O)c2cccs2)C1c1cc(OC)c(OC)c(OC)c1. The molecule has 0 bridgehead atoms. The highest BCUT2D eigenvalue weighted by molar-refractivity contribution is 7.12. The molecule has 1 aliphatic rings. The number of nitrogens with zero attached hydrogens (tertiary/aromatic N) is 2. The van der Waals surface area contributed by atoms with E-state index in [0.29, 0.717) is 40.8 Å². The molecule has 1 amide bonds. The van der Waals surface area contributed by atoms with Gasteiger partial charge in [0.2, 0.25) is 11.5 Å². The molecule has 2 aromatic rings. The summed E-state index contributed by atoms with van der Waals surface area (Å²) < 4.78 is 16.4. The van der Waals surface area contributed by atoms with E-state index in [-0.39, 0.29) is 11.4 Å². The molecule has 178 valence electrons. The summed E-state index contributed by atoms with van der Waals surface area (Å²) in [6.07, 6.45) is 0. The van der Waals surface area contributed by atoms with Crippen LogP contribution >= 0.6 is 11.3 Å². The van der Waals surface area contributed by atoms with Crippen LogP contribution in [0.4, 0.5) is 0 Å². The molecule has 1 aromatic carbocycles. The van der Waals surface area contributed by atoms with Gasteiger partial charge in [0.05, 0.1) is 37.8 Å². The Bertz CT molecular complexity index is 1000. The lowest BCUT2D eigenvalue weighted by molar-refractivity contribution is -0.129. The Hall–Kier alpha value is -3.04. The topological polar surface area (TPSA) is 88.5 Å². The maximum absolute atomic E-state index is 13.4. The van der Waals surface area contributed by atoms with Crippen LogP contribution in [0.1, 0.15) is 35.1 Å². The van der Waals surface area contributed by atoms with E-state index in [2.05, 4.69) is 4.90 Å². The molecule has 1 atom stereocenters. The average molecular weight is 475 g/mol. The molecular weight excluding hydrogens is 444 g/mol. The van der Waals surface area contributed by atoms with Crippen molar-refractivity contribution in [1.29, 1.82) is 0 Å². The summed E-state index contributed by atoms with van der Waals surface area (Å²) in [5, 5.41) is 12.6. The number of hydrogen-bond acceptors (Lipinski definition) is 8. The minimum Gasteiger partial charge on any atom is -0.503 e. The van der Waals surface area contributed by atoms with Gasteiger partial charge in [-0.15, -0.1) is 11.3 Å². The predicted octanol–water partition coefficient (Wildman–Crippen LogP) is 3.69. The summed E-state index contributed by atoms with van der Waals surface area (Å²) in [6, 6.07) is 6.08. The first-order valence-corrected chi connectivity index (χ1v) is 11.6. The summed E-state index contributed by atoms with van der Waals surface area (Å²) in [5.41, 5.74) is 0.637. The number of likely N-dealkylation sites (N-methyl/N-ethyl adjacent to an activating group) is 1. The van der Waals surface area contributed by atoms with Crippen molar-refractivity contribution >= 4 is 23.0 Å². The fourth-order valence-corrected chi connectivity index (χ4v) is 4.73. The maximum Gasteiger partial charge on any atom is 0.290 e. The molecule has 0 saturated heterocycles. The van der Waals surface area contributed by atoms with Crippen molar-refractivity contribution in [2.45, 2.75) is 19.9 Å². The van der Waals surface area contributed by atoms with E-state index in [1.165, 1.54) is 37.6 Å². The van der Waals surface area contributed by atoms with E-state index in [0.717, 1.165) is 13.1 Å². The maximum atomic E-state index is 13.4. The summed E-state index contributed by atoms with van der Waals surface area (Å²) in [5.74, 6) is -0.260. The molecule has 2 heterocycles. The number of benzene rings is 1. The number of amides is 1. The van der Waals surface area contributed by atoms with Crippen molar-refractivity contribution in [3.8, 4) is 17.2 Å². The molecule has 1 aromatic heterocycles. The standard InChI is InChI=1S/C24H30N2O6S/c1-6-25(7-2)10-11-26-20(15-13-16(30-3)23(32-5)17(14-15)31-4)19(22(28)24(26)29)21(27)18-9-8-12-33-18/h8-9,12-14,20,28H,6-7,10-11H2,1-5H3. The first-order valence-electron chi connectivity index (χ1n) is 10.8. The molecule has 0 spiro atoms. The lowest BCUT2D eigenvalue weighted by Crippen LogP contribution is -2.38. The number of ketones is 1. The van der Waals surface area contributed by atoms with Crippen LogP contribution in [-0.4, -0.2) is 74.1 Å². The Morgan fingerprint density at radius 3 is 2.24 bits per heavy atom. The molecule has 9 heteroatoms. The third-order valence-electron chi connectivity index (χ3n) is 5.85. The summed E-state index contributed by atoms with van der Waals surface area (Å²) >= 11 is 1.26. The fraction of sp³-hybridized carbons (Fsp3) is 0.417. The third-order valence-corrected chi connectivity index (χ3v) is 6.72. The zero-order valence-corrected chi connectivity index (χ0v) is 20.4. The van der Waals surface area contributed by atoms with Gasteiger partial charge in [-0.1, -0.05) is 19.9 Å². The molecule has 3 rings (SSSR count). The minimum absolute atomic E-state index is 0.0521. The lowest BCUT2D eigenvalue weighted by atomic mass is 9.94. The monoisotopic (exact) mass is 474 g/mol. The molecule has 33 heavy (non-hydrogen) atoms. The minimum atomic E-state index is -0.795. The van der Waals surface area contributed by atoms with Crippen LogP contribution in [0.5, 0.6) is 17.2 Å². The van der Waals surface area contributed by atoms with Gasteiger partial charge in [0.25, 0.3) is 5.91 Å². The van der Waals surface area contributed by atoms with Crippen LogP contribution in [0.2, 0.25) is 0 Å². The molecule has 0 saturated carbocycles. The number of aliphatic hydroxyl groups is 1. The van der Waals surface area contributed by atoms with Gasteiger partial charge in [0.15, 0.2) is 17.3 Å². The van der Waals surface area contributed by atoms with Crippen LogP contribution in [-0.2, 0) is 4.79 Å². The van der Waals surface area contributed by atoms with Crippen molar-refractivity contribution in [2.24, 2.45) is 0 Å². The van der Waals surface area contributed by atoms with Gasteiger partial charge >= 0.3 is 0 Å². The third kappa shape index (κ3) is 4.69. The Morgan fingerprint density at radius 2 is 1.76 bits per heavy atom. The highest BCUT2D eigenvalue weighted by atomic mass is 32.1. The summed E-state index contributed by atoms with van der Waals surface area (Å²) in [4.78, 5) is 30.7. The quantitative estimate of drug-likeness (QED) is 0.497. The largest absolute Gasteiger partial charge is 0.503 e. The number of ether oxygens (including phenoxy) is 3. The molecular formula is C24H30N2O6S. The summed E-state index contributed by atoms with van der Waals surface area (Å²) in [7, 11) is 4.51. The Balaban J connectivity index is 2.13. The molecule has 8 nitrogen and oxygen atoms in total. The normalized spacial score (nSPS) is 16.0. The van der Waals surface area contributed by atoms with Crippen molar-refractivity contribution < 1.29 is 28.9 Å². The van der Waals surface area contributed by atoms with Crippen LogP contribution in [0.25, 0.3) is 0 Å². The number of Topliss-reactive ketones (excluding diaryl/α,β-unsaturated/α-hetero) is 1. The Morgan fingerprint density at radius 1 is 1.12 bits per heavy atom. The highest BCUT2D eigenvalue weighted by Gasteiger charge is 2.44. The van der Waals surface area contributed by atoms with Crippen molar-refractivity contribution in [3.05, 3.63) is 51.4 Å². The number of carbonyl (C=O) groups excluding carboxylic acids is 2. The second kappa shape index (κ2) is 10.7. The molecule has 1 aliphatic heterocycles. The number of hydrogen-bond donors (Lipinski definition) is 1. The number of rotatable bonds is 11. The zero-order chi connectivity index (χ0) is 24.1. The predicted molar refractivity (Wildman–Crippen MR) is 127 cm³/mol. The highest BCUT2D eigenvalue weighted by Crippen LogP contribution is 2.45. The lowest BCUT2D eigenvalue weighted by Gasteiger charge is -2.30. The van der Waals surface area contributed by atoms with E-state index in [1.807, 2.05) is 13.8 Å². The van der Waals surface area contributed by atoms with Crippen molar-refractivity contribution in [3.63, 3.8) is 0 Å². The van der Waals surface area contributed by atoms with E-state index in [1.54, 1.807) is 29.6 Å². The van der Waals surface area contributed by atoms with Gasteiger partial charge in [0, 0.05) is 13.1 Å². The number of thiophene rings is 1. The molecule has 1 N–H and O–H groups in total. The molecule has 0 fully saturated rings. The van der Waals surface area contributed by atoms with Crippen molar-refractivity contribution in [2.75, 3.05) is 47.5 Å². The van der Waals surface area contributed by atoms with Gasteiger partial charge in [-0.25, -0.2) is 0 Å². The second-order valence-corrected chi connectivity index (χ2v) is 8.40. The number of aliphatic hydroxyl groups excluding tert-OH is 1. The Labute approximate surface area is 198 Å². The molecule has 0 radical (unpaired) electrons. The first-order chi connectivity index (χ1) is 15.9. The van der Waals surface area contributed by atoms with Gasteiger partial charge in [-0.3, -0.25) is 9.59 Å². The second-order valence-electron chi connectivity index (χ2n) is 7.46.